The predicted molar refractivity (Wildman–Crippen MR) is 124 cm³/mol. The lowest BCUT2D eigenvalue weighted by atomic mass is 10.0. The third kappa shape index (κ3) is 5.93. The molecule has 1 aromatic heterocycles. The van der Waals surface area contributed by atoms with Crippen molar-refractivity contribution in [3.63, 3.8) is 0 Å². The molecule has 2 N–H and O–H groups in total. The Bertz CT molecular complexity index is 698. The van der Waals surface area contributed by atoms with Crippen molar-refractivity contribution in [1.29, 1.82) is 0 Å². The highest BCUT2D eigenvalue weighted by Gasteiger charge is 2.25. The first kappa shape index (κ1) is 24.9. The van der Waals surface area contributed by atoms with Crippen LogP contribution in [0.25, 0.3) is 10.9 Å². The number of anilines is 1. The van der Waals surface area contributed by atoms with Gasteiger partial charge >= 0.3 is 0 Å². The minimum Gasteiger partial charge on any atom is -0.356 e. The van der Waals surface area contributed by atoms with E-state index >= 15 is 0 Å². The van der Waals surface area contributed by atoms with Crippen molar-refractivity contribution in [3.05, 3.63) is 30.1 Å². The Morgan fingerprint density at radius 1 is 1.04 bits per heavy atom. The molecule has 2 heterocycles. The van der Waals surface area contributed by atoms with Gasteiger partial charge in [0.25, 0.3) is 0 Å². The van der Waals surface area contributed by atoms with Crippen LogP contribution in [0.5, 0.6) is 0 Å². The number of fused-ring (bicyclic) bond motifs is 1. The summed E-state index contributed by atoms with van der Waals surface area (Å²) in [5.74, 6) is 1.96. The van der Waals surface area contributed by atoms with Crippen LogP contribution in [0.4, 0.5) is 5.82 Å². The Morgan fingerprint density at radius 3 is 2.29 bits per heavy atom. The summed E-state index contributed by atoms with van der Waals surface area (Å²) in [4.78, 5) is 14.7. The second kappa shape index (κ2) is 12.4. The number of hydrogen-bond donors (Lipinski definition) is 1. The zero-order chi connectivity index (χ0) is 18.4. The van der Waals surface area contributed by atoms with Crippen molar-refractivity contribution in [2.45, 2.75) is 52.0 Å². The van der Waals surface area contributed by atoms with Gasteiger partial charge in [0, 0.05) is 30.9 Å². The van der Waals surface area contributed by atoms with Crippen LogP contribution in [-0.4, -0.2) is 53.6 Å². The van der Waals surface area contributed by atoms with Crippen LogP contribution in [0, 0.1) is 0 Å². The fourth-order valence-electron chi connectivity index (χ4n) is 4.08. The summed E-state index contributed by atoms with van der Waals surface area (Å²) in [7, 11) is 0. The third-order valence-corrected chi connectivity index (χ3v) is 5.30. The van der Waals surface area contributed by atoms with Gasteiger partial charge < -0.3 is 15.5 Å². The summed E-state index contributed by atoms with van der Waals surface area (Å²) >= 11 is 0. The monoisotopic (exact) mass is 427 g/mol. The highest BCUT2D eigenvalue weighted by atomic mass is 35.5. The largest absolute Gasteiger partial charge is 0.356 e. The van der Waals surface area contributed by atoms with Crippen molar-refractivity contribution in [2.75, 3.05) is 37.6 Å². The van der Waals surface area contributed by atoms with Crippen molar-refractivity contribution < 1.29 is 0 Å². The summed E-state index contributed by atoms with van der Waals surface area (Å²) in [5.41, 5.74) is 6.77. The fraction of sp³-hybridized carbons (Fsp3) is 0.619. The molecule has 28 heavy (non-hydrogen) atoms. The van der Waals surface area contributed by atoms with Crippen LogP contribution in [-0.2, 0) is 6.42 Å². The van der Waals surface area contributed by atoms with Gasteiger partial charge in [-0.3, -0.25) is 0 Å². The van der Waals surface area contributed by atoms with Crippen molar-refractivity contribution >= 4 is 41.5 Å². The van der Waals surface area contributed by atoms with E-state index in [4.69, 9.17) is 10.7 Å². The number of nitrogens with two attached hydrogens (primary N) is 1. The molecule has 1 fully saturated rings. The van der Waals surface area contributed by atoms with Gasteiger partial charge in [0.2, 0.25) is 0 Å². The van der Waals surface area contributed by atoms with Gasteiger partial charge in [-0.1, -0.05) is 26.0 Å². The number of para-hydroxylation sites is 1. The minimum absolute atomic E-state index is 0. The number of rotatable bonds is 8. The van der Waals surface area contributed by atoms with Crippen molar-refractivity contribution in [3.8, 4) is 0 Å². The van der Waals surface area contributed by atoms with Crippen LogP contribution in [0.1, 0.15) is 45.4 Å². The van der Waals surface area contributed by atoms with E-state index in [1.165, 1.54) is 38.8 Å². The van der Waals surface area contributed by atoms with E-state index in [1.54, 1.807) is 0 Å². The predicted octanol–water partition coefficient (Wildman–Crippen LogP) is 4.07. The summed E-state index contributed by atoms with van der Waals surface area (Å²) in [6.45, 7) is 9.72. The van der Waals surface area contributed by atoms with Crippen LogP contribution < -0.4 is 10.6 Å². The molecule has 2 aromatic rings. The zero-order valence-electron chi connectivity index (χ0n) is 17.1. The summed E-state index contributed by atoms with van der Waals surface area (Å²) in [6.07, 6.45) is 5.63. The van der Waals surface area contributed by atoms with E-state index in [9.17, 15) is 0 Å². The maximum Gasteiger partial charge on any atom is 0.140 e. The first-order chi connectivity index (χ1) is 12.8. The number of aromatic nitrogens is 2. The molecule has 0 saturated carbocycles. The molecule has 0 spiro atoms. The Labute approximate surface area is 181 Å². The third-order valence-electron chi connectivity index (χ3n) is 5.30. The summed E-state index contributed by atoms with van der Waals surface area (Å²) in [6, 6.07) is 9.06. The molecule has 1 aromatic carbocycles. The molecule has 0 atom stereocenters. The average Bonchev–Trinajstić information content (AvgIpc) is 2.68. The smallest absolute Gasteiger partial charge is 0.140 e. The fourth-order valence-corrected chi connectivity index (χ4v) is 4.08. The van der Waals surface area contributed by atoms with Gasteiger partial charge in [-0.05, 0) is 57.5 Å². The Morgan fingerprint density at radius 2 is 1.68 bits per heavy atom. The van der Waals surface area contributed by atoms with Gasteiger partial charge in [-0.15, -0.1) is 24.8 Å². The molecule has 0 unspecified atom stereocenters. The SMILES string of the molecule is CCCN(CCC)C1CCN(c2nc(CCN)nc3ccccc23)CC1.Cl.Cl. The quantitative estimate of drug-likeness (QED) is 0.687. The minimum atomic E-state index is 0. The Balaban J connectivity index is 0.00000196. The molecule has 0 aliphatic carbocycles. The lowest BCUT2D eigenvalue weighted by Gasteiger charge is -2.39. The molecule has 1 aliphatic heterocycles. The number of hydrogen-bond acceptors (Lipinski definition) is 5. The topological polar surface area (TPSA) is 58.3 Å². The maximum absolute atomic E-state index is 5.74. The standard InChI is InChI=1S/C21H33N5.2ClH/c1-3-13-25(14-4-2)17-10-15-26(16-11-17)21-18-7-5-6-8-19(18)23-20(24-21)9-12-22;;/h5-8,17H,3-4,9-16,22H2,1-2H3;2*1H. The van der Waals surface area contributed by atoms with E-state index in [0.717, 1.165) is 42.1 Å². The van der Waals surface area contributed by atoms with Crippen LogP contribution in [0.3, 0.4) is 0 Å². The lowest BCUT2D eigenvalue weighted by Crippen LogP contribution is -2.45. The number of halogens is 2. The van der Waals surface area contributed by atoms with Gasteiger partial charge in [0.05, 0.1) is 5.52 Å². The van der Waals surface area contributed by atoms with Gasteiger partial charge in [0.15, 0.2) is 0 Å². The Kier molecular flexibility index (Phi) is 11.1. The van der Waals surface area contributed by atoms with Crippen LogP contribution in [0.2, 0.25) is 0 Å². The highest BCUT2D eigenvalue weighted by molar-refractivity contribution is 5.89. The molecule has 158 valence electrons. The van der Waals surface area contributed by atoms with Crippen molar-refractivity contribution in [2.24, 2.45) is 5.73 Å². The first-order valence-corrected chi connectivity index (χ1v) is 10.2. The molecule has 1 aliphatic rings. The number of benzene rings is 1. The van der Waals surface area contributed by atoms with Gasteiger partial charge in [0.1, 0.15) is 11.6 Å². The molecular formula is C21H35Cl2N5. The molecule has 1 saturated heterocycles. The maximum atomic E-state index is 5.74. The van der Waals surface area contributed by atoms with Crippen LogP contribution in [0.15, 0.2) is 24.3 Å². The summed E-state index contributed by atoms with van der Waals surface area (Å²) in [5, 5.41) is 1.16. The van der Waals surface area contributed by atoms with E-state index in [2.05, 4.69) is 46.8 Å². The molecule has 0 radical (unpaired) electrons. The second-order valence-corrected chi connectivity index (χ2v) is 7.27. The first-order valence-electron chi connectivity index (χ1n) is 10.2. The van der Waals surface area contributed by atoms with Gasteiger partial charge in [-0.25, -0.2) is 9.97 Å². The lowest BCUT2D eigenvalue weighted by molar-refractivity contribution is 0.169. The molecule has 0 bridgehead atoms. The normalized spacial score (nSPS) is 14.8. The molecule has 0 amide bonds. The van der Waals surface area contributed by atoms with E-state index in [0.29, 0.717) is 12.6 Å². The highest BCUT2D eigenvalue weighted by Crippen LogP contribution is 2.28. The van der Waals surface area contributed by atoms with E-state index in [1.807, 2.05) is 6.07 Å². The van der Waals surface area contributed by atoms with Crippen LogP contribution >= 0.6 is 24.8 Å². The molecular weight excluding hydrogens is 393 g/mol. The van der Waals surface area contributed by atoms with E-state index in [-0.39, 0.29) is 24.8 Å². The molecule has 5 nitrogen and oxygen atoms in total. The zero-order valence-corrected chi connectivity index (χ0v) is 18.8. The molecule has 3 rings (SSSR count). The number of nitrogens with zero attached hydrogens (tertiary/aromatic N) is 4. The van der Waals surface area contributed by atoms with Crippen molar-refractivity contribution in [1.82, 2.24) is 14.9 Å². The molecule has 7 heteroatoms. The second-order valence-electron chi connectivity index (χ2n) is 7.27. The Hall–Kier alpha value is -1.14. The summed E-state index contributed by atoms with van der Waals surface area (Å²) < 4.78 is 0. The average molecular weight is 428 g/mol. The van der Waals surface area contributed by atoms with Gasteiger partial charge in [-0.2, -0.15) is 0 Å². The number of piperidine rings is 1. The van der Waals surface area contributed by atoms with E-state index < -0.39 is 0 Å².